The highest BCUT2D eigenvalue weighted by Gasteiger charge is 2.23. The van der Waals surface area contributed by atoms with Crippen molar-refractivity contribution in [1.82, 2.24) is 0 Å². The van der Waals surface area contributed by atoms with E-state index in [1.165, 1.54) is 26.2 Å². The zero-order valence-corrected chi connectivity index (χ0v) is 11.9. The first kappa shape index (κ1) is 15.0. The van der Waals surface area contributed by atoms with Gasteiger partial charge < -0.3 is 14.4 Å². The Morgan fingerprint density at radius 1 is 1.21 bits per heavy atom. The van der Waals surface area contributed by atoms with Crippen molar-refractivity contribution in [2.75, 3.05) is 26.2 Å². The maximum Gasteiger partial charge on any atom is 0.397 e. The maximum atomic E-state index is 11.8. The summed E-state index contributed by atoms with van der Waals surface area (Å²) >= 11 is 0. The second-order valence-electron chi connectivity index (χ2n) is 4.44. The number of rotatable bonds is 3. The highest BCUT2D eigenvalue weighted by atomic mass is 16.5. The molecule has 0 bridgehead atoms. The first-order valence-corrected chi connectivity index (χ1v) is 5.96. The van der Waals surface area contributed by atoms with Gasteiger partial charge in [0.1, 0.15) is 5.75 Å². The molecular formula is C14H19NO4. The van der Waals surface area contributed by atoms with Crippen LogP contribution in [-0.4, -0.2) is 33.1 Å². The van der Waals surface area contributed by atoms with Crippen molar-refractivity contribution in [3.05, 3.63) is 23.8 Å². The van der Waals surface area contributed by atoms with Gasteiger partial charge in [0.25, 0.3) is 0 Å². The molecule has 104 valence electrons. The third kappa shape index (κ3) is 3.24. The third-order valence-electron chi connectivity index (χ3n) is 2.90. The Hall–Kier alpha value is -2.04. The molecule has 1 rings (SSSR count). The third-order valence-corrected chi connectivity index (χ3v) is 2.90. The molecule has 0 heterocycles. The lowest BCUT2D eigenvalue weighted by molar-refractivity contribution is -0.151. The Morgan fingerprint density at radius 3 is 2.32 bits per heavy atom. The summed E-state index contributed by atoms with van der Waals surface area (Å²) in [5, 5.41) is 0. The molecule has 1 aromatic rings. The van der Waals surface area contributed by atoms with Crippen LogP contribution in [0.15, 0.2) is 18.2 Å². The van der Waals surface area contributed by atoms with E-state index >= 15 is 0 Å². The van der Waals surface area contributed by atoms with Gasteiger partial charge in [-0.05, 0) is 23.6 Å². The van der Waals surface area contributed by atoms with E-state index in [-0.39, 0.29) is 0 Å². The van der Waals surface area contributed by atoms with Gasteiger partial charge in [0.15, 0.2) is 0 Å². The van der Waals surface area contributed by atoms with Crippen LogP contribution in [0.2, 0.25) is 0 Å². The molecule has 0 fully saturated rings. The standard InChI is InChI=1S/C14H19NO4/c1-9(2)10-6-7-11(12(8-10)18-4)15(3)13(16)14(17)19-5/h6-9H,1-5H3. The normalized spacial score (nSPS) is 10.2. The molecule has 19 heavy (non-hydrogen) atoms. The average Bonchev–Trinajstić information content (AvgIpc) is 2.43. The predicted molar refractivity (Wildman–Crippen MR) is 72.5 cm³/mol. The summed E-state index contributed by atoms with van der Waals surface area (Å²) in [4.78, 5) is 24.2. The fraction of sp³-hybridized carbons (Fsp3) is 0.429. The Bertz CT molecular complexity index is 482. The molecule has 0 unspecified atom stereocenters. The van der Waals surface area contributed by atoms with Crippen LogP contribution >= 0.6 is 0 Å². The zero-order valence-electron chi connectivity index (χ0n) is 11.9. The van der Waals surface area contributed by atoms with Crippen LogP contribution in [0, 0.1) is 0 Å². The molecule has 1 aromatic carbocycles. The Morgan fingerprint density at radius 2 is 1.84 bits per heavy atom. The molecule has 0 radical (unpaired) electrons. The van der Waals surface area contributed by atoms with Crippen molar-refractivity contribution in [1.29, 1.82) is 0 Å². The number of ether oxygens (including phenoxy) is 2. The molecule has 0 N–H and O–H groups in total. The molecule has 0 aliphatic rings. The summed E-state index contributed by atoms with van der Waals surface area (Å²) in [6.45, 7) is 4.13. The number of methoxy groups -OCH3 is 2. The van der Waals surface area contributed by atoms with Crippen molar-refractivity contribution < 1.29 is 19.1 Å². The van der Waals surface area contributed by atoms with Crippen molar-refractivity contribution in [2.45, 2.75) is 19.8 Å². The van der Waals surface area contributed by atoms with Crippen LogP contribution in [0.4, 0.5) is 5.69 Å². The predicted octanol–water partition coefficient (Wildman–Crippen LogP) is 1.95. The largest absolute Gasteiger partial charge is 0.495 e. The van der Waals surface area contributed by atoms with Crippen LogP contribution in [0.25, 0.3) is 0 Å². The monoisotopic (exact) mass is 265 g/mol. The van der Waals surface area contributed by atoms with E-state index in [0.717, 1.165) is 5.56 Å². The summed E-state index contributed by atoms with van der Waals surface area (Å²) < 4.78 is 9.69. The van der Waals surface area contributed by atoms with Crippen molar-refractivity contribution >= 4 is 17.6 Å². The summed E-state index contributed by atoms with van der Waals surface area (Å²) in [5.41, 5.74) is 1.63. The zero-order chi connectivity index (χ0) is 14.6. The van der Waals surface area contributed by atoms with E-state index in [2.05, 4.69) is 18.6 Å². The molecule has 0 saturated heterocycles. The lowest BCUT2D eigenvalue weighted by atomic mass is 10.0. The highest BCUT2D eigenvalue weighted by molar-refractivity contribution is 6.38. The summed E-state index contributed by atoms with van der Waals surface area (Å²) in [5.74, 6) is -0.744. The van der Waals surface area contributed by atoms with Gasteiger partial charge in [0.05, 0.1) is 19.9 Å². The van der Waals surface area contributed by atoms with Gasteiger partial charge in [0.2, 0.25) is 0 Å². The smallest absolute Gasteiger partial charge is 0.397 e. The quantitative estimate of drug-likeness (QED) is 0.619. The van der Waals surface area contributed by atoms with Crippen LogP contribution in [0.3, 0.4) is 0 Å². The van der Waals surface area contributed by atoms with Crippen molar-refractivity contribution in [2.24, 2.45) is 0 Å². The minimum Gasteiger partial charge on any atom is -0.495 e. The molecule has 1 amide bonds. The van der Waals surface area contributed by atoms with Gasteiger partial charge in [-0.2, -0.15) is 0 Å². The summed E-state index contributed by atoms with van der Waals surface area (Å²) in [6, 6.07) is 5.53. The Balaban J connectivity index is 3.13. The summed E-state index contributed by atoms with van der Waals surface area (Å²) in [6.07, 6.45) is 0. The van der Waals surface area contributed by atoms with Crippen LogP contribution in [-0.2, 0) is 14.3 Å². The second kappa shape index (κ2) is 6.22. The van der Waals surface area contributed by atoms with Crippen LogP contribution in [0.1, 0.15) is 25.3 Å². The molecule has 0 aliphatic carbocycles. The number of hydrogen-bond acceptors (Lipinski definition) is 4. The molecule has 0 saturated carbocycles. The molecule has 5 heteroatoms. The molecule has 0 atom stereocenters. The van der Waals surface area contributed by atoms with Crippen molar-refractivity contribution in [3.63, 3.8) is 0 Å². The lowest BCUT2D eigenvalue weighted by Gasteiger charge is -2.20. The van der Waals surface area contributed by atoms with E-state index in [4.69, 9.17) is 4.74 Å². The van der Waals surface area contributed by atoms with E-state index in [1.807, 2.05) is 12.1 Å². The number of hydrogen-bond donors (Lipinski definition) is 0. The number of benzene rings is 1. The van der Waals surface area contributed by atoms with Gasteiger partial charge in [-0.1, -0.05) is 19.9 Å². The number of likely N-dealkylation sites (N-methyl/N-ethyl adjacent to an activating group) is 1. The highest BCUT2D eigenvalue weighted by Crippen LogP contribution is 2.31. The number of carbonyl (C=O) groups excluding carboxylic acids is 2. The van der Waals surface area contributed by atoms with E-state index in [0.29, 0.717) is 17.4 Å². The number of esters is 1. The first-order valence-electron chi connectivity index (χ1n) is 5.96. The Kier molecular flexibility index (Phi) is 4.92. The average molecular weight is 265 g/mol. The molecule has 0 aliphatic heterocycles. The van der Waals surface area contributed by atoms with Gasteiger partial charge >= 0.3 is 11.9 Å². The molecule has 5 nitrogen and oxygen atoms in total. The summed E-state index contributed by atoms with van der Waals surface area (Å²) in [7, 11) is 4.21. The fourth-order valence-corrected chi connectivity index (χ4v) is 1.66. The van der Waals surface area contributed by atoms with Gasteiger partial charge in [-0.25, -0.2) is 4.79 Å². The van der Waals surface area contributed by atoms with Crippen LogP contribution < -0.4 is 9.64 Å². The molecular weight excluding hydrogens is 246 g/mol. The number of nitrogens with zero attached hydrogens (tertiary/aromatic N) is 1. The van der Waals surface area contributed by atoms with E-state index < -0.39 is 11.9 Å². The number of amides is 1. The van der Waals surface area contributed by atoms with Crippen molar-refractivity contribution in [3.8, 4) is 5.75 Å². The van der Waals surface area contributed by atoms with Gasteiger partial charge in [-0.15, -0.1) is 0 Å². The van der Waals surface area contributed by atoms with Gasteiger partial charge in [0, 0.05) is 7.05 Å². The minimum atomic E-state index is -0.905. The van der Waals surface area contributed by atoms with Crippen LogP contribution in [0.5, 0.6) is 5.75 Å². The maximum absolute atomic E-state index is 11.8. The van der Waals surface area contributed by atoms with E-state index in [1.54, 1.807) is 6.07 Å². The minimum absolute atomic E-state index is 0.351. The van der Waals surface area contributed by atoms with E-state index in [9.17, 15) is 9.59 Å². The molecule has 0 spiro atoms. The fourth-order valence-electron chi connectivity index (χ4n) is 1.66. The first-order chi connectivity index (χ1) is 8.92. The SMILES string of the molecule is COC(=O)C(=O)N(C)c1ccc(C(C)C)cc1OC. The van der Waals surface area contributed by atoms with Gasteiger partial charge in [-0.3, -0.25) is 4.79 Å². The lowest BCUT2D eigenvalue weighted by Crippen LogP contribution is -2.34. The number of anilines is 1. The number of carbonyl (C=O) groups is 2. The molecule has 0 aromatic heterocycles. The topological polar surface area (TPSA) is 55.8 Å². The second-order valence-corrected chi connectivity index (χ2v) is 4.44. The Labute approximate surface area is 113 Å².